The molecule has 2 heteroatoms. The fourth-order valence-corrected chi connectivity index (χ4v) is 1.16. The lowest BCUT2D eigenvalue weighted by molar-refractivity contribution is 0.671. The molecule has 1 aromatic carbocycles. The van der Waals surface area contributed by atoms with Crippen molar-refractivity contribution in [2.45, 2.75) is 27.7 Å². The molecule has 0 amide bonds. The van der Waals surface area contributed by atoms with E-state index in [1.54, 1.807) is 6.08 Å². The second kappa shape index (κ2) is 8.30. The normalized spacial score (nSPS) is 10.2. The average Bonchev–Trinajstić information content (AvgIpc) is 2.28. The van der Waals surface area contributed by atoms with Crippen molar-refractivity contribution >= 4 is 11.3 Å². The number of benzene rings is 1. The highest BCUT2D eigenvalue weighted by molar-refractivity contribution is 5.74. The quantitative estimate of drug-likeness (QED) is 0.580. The van der Waals surface area contributed by atoms with Crippen LogP contribution >= 0.6 is 0 Å². The second-order valence-electron chi connectivity index (χ2n) is 5.11. The Balaban J connectivity index is 0.000000711. The first-order valence-electron chi connectivity index (χ1n) is 6.32. The van der Waals surface area contributed by atoms with Gasteiger partial charge in [0.15, 0.2) is 0 Å². The van der Waals surface area contributed by atoms with E-state index in [4.69, 9.17) is 5.73 Å². The van der Waals surface area contributed by atoms with Crippen LogP contribution in [0.25, 0.3) is 5.57 Å². The van der Waals surface area contributed by atoms with Gasteiger partial charge in [0.25, 0.3) is 0 Å². The highest BCUT2D eigenvalue weighted by Crippen LogP contribution is 2.19. The van der Waals surface area contributed by atoms with Gasteiger partial charge < -0.3 is 5.73 Å². The molecule has 1 nitrogen and oxygen atoms in total. The smallest absolute Gasteiger partial charge is 0.116 e. The zero-order valence-electron chi connectivity index (χ0n) is 12.3. The van der Waals surface area contributed by atoms with E-state index in [9.17, 15) is 4.39 Å². The Morgan fingerprint density at radius 1 is 1.21 bits per heavy atom. The summed E-state index contributed by atoms with van der Waals surface area (Å²) in [5.41, 5.74) is 9.08. The van der Waals surface area contributed by atoms with Crippen LogP contribution in [0.15, 0.2) is 49.3 Å². The molecule has 0 unspecified atom stereocenters. The molecule has 1 aromatic rings. The molecular formula is C17H24FN. The van der Waals surface area contributed by atoms with Gasteiger partial charge in [0.2, 0.25) is 0 Å². The van der Waals surface area contributed by atoms with Crippen LogP contribution in [-0.4, -0.2) is 0 Å². The van der Waals surface area contributed by atoms with Crippen LogP contribution in [0.1, 0.15) is 31.9 Å². The van der Waals surface area contributed by atoms with Gasteiger partial charge in [-0.1, -0.05) is 46.1 Å². The van der Waals surface area contributed by atoms with Crippen LogP contribution in [0, 0.1) is 12.8 Å². The predicted molar refractivity (Wildman–Crippen MR) is 84.5 cm³/mol. The Kier molecular flexibility index (Phi) is 7.50. The minimum atomic E-state index is -0.483. The number of nitrogens with two attached hydrogens (primary N) is 1. The first-order valence-corrected chi connectivity index (χ1v) is 6.32. The Hall–Kier alpha value is -1.83. The second-order valence-corrected chi connectivity index (χ2v) is 5.11. The molecule has 0 saturated carbocycles. The van der Waals surface area contributed by atoms with Crippen molar-refractivity contribution in [3.05, 3.63) is 60.5 Å². The van der Waals surface area contributed by atoms with Crippen molar-refractivity contribution in [1.82, 2.24) is 0 Å². The fraction of sp³-hybridized carbons (Fsp3) is 0.294. The van der Waals surface area contributed by atoms with Crippen molar-refractivity contribution in [3.63, 3.8) is 0 Å². The van der Waals surface area contributed by atoms with Gasteiger partial charge in [-0.05, 0) is 47.8 Å². The van der Waals surface area contributed by atoms with Crippen LogP contribution in [0.3, 0.4) is 0 Å². The number of halogens is 1. The number of aryl methyl sites for hydroxylation is 1. The number of hydrogen-bond acceptors (Lipinski definition) is 1. The Bertz CT molecular complexity index is 467. The summed E-state index contributed by atoms with van der Waals surface area (Å²) in [6, 6.07) is 5.59. The van der Waals surface area contributed by atoms with E-state index in [0.717, 1.165) is 28.3 Å². The molecule has 0 aliphatic carbocycles. The highest BCUT2D eigenvalue weighted by Gasteiger charge is 1.98. The number of hydrogen-bond donors (Lipinski definition) is 1. The van der Waals surface area contributed by atoms with E-state index in [1.807, 2.05) is 25.1 Å². The fourth-order valence-electron chi connectivity index (χ4n) is 1.16. The maximum absolute atomic E-state index is 12.4. The minimum Gasteiger partial charge on any atom is -0.399 e. The average molecular weight is 261 g/mol. The molecule has 1 rings (SSSR count). The van der Waals surface area contributed by atoms with Gasteiger partial charge >= 0.3 is 0 Å². The van der Waals surface area contributed by atoms with Crippen LogP contribution in [0.5, 0.6) is 0 Å². The molecule has 2 N–H and O–H groups in total. The molecule has 0 bridgehead atoms. The van der Waals surface area contributed by atoms with Crippen LogP contribution in [0.2, 0.25) is 0 Å². The molecule has 0 aromatic heterocycles. The minimum absolute atomic E-state index is 0.483. The summed E-state index contributed by atoms with van der Waals surface area (Å²) in [6.07, 6.45) is 2.88. The lowest BCUT2D eigenvalue weighted by atomic mass is 10.0. The molecule has 0 aliphatic rings. The third-order valence-electron chi connectivity index (χ3n) is 2.11. The van der Waals surface area contributed by atoms with Gasteiger partial charge in [-0.25, -0.2) is 4.39 Å². The highest BCUT2D eigenvalue weighted by atomic mass is 19.1. The summed E-state index contributed by atoms with van der Waals surface area (Å²) in [5.74, 6) is 0.350. The van der Waals surface area contributed by atoms with Crippen LogP contribution in [0.4, 0.5) is 10.1 Å². The molecule has 104 valence electrons. The van der Waals surface area contributed by atoms with Crippen molar-refractivity contribution in [3.8, 4) is 0 Å². The maximum atomic E-state index is 12.4. The number of allylic oxidation sites excluding steroid dienone is 4. The Morgan fingerprint density at radius 3 is 2.16 bits per heavy atom. The SMILES string of the molecule is C=C(F)/C=C\C(=C)c1ccc(N)c(C)c1.CC(C)C. The molecule has 19 heavy (non-hydrogen) atoms. The van der Waals surface area contributed by atoms with Gasteiger partial charge in [0.1, 0.15) is 5.83 Å². The maximum Gasteiger partial charge on any atom is 0.116 e. The van der Waals surface area contributed by atoms with Gasteiger partial charge in [-0.15, -0.1) is 0 Å². The summed E-state index contributed by atoms with van der Waals surface area (Å²) in [4.78, 5) is 0. The molecule has 0 spiro atoms. The predicted octanol–water partition coefficient (Wildman–Crippen LogP) is 5.29. The van der Waals surface area contributed by atoms with Gasteiger partial charge in [0, 0.05) is 5.69 Å². The molecule has 0 atom stereocenters. The summed E-state index contributed by atoms with van der Waals surface area (Å²) in [5, 5.41) is 0. The largest absolute Gasteiger partial charge is 0.399 e. The van der Waals surface area contributed by atoms with E-state index in [-0.39, 0.29) is 0 Å². The van der Waals surface area contributed by atoms with Crippen molar-refractivity contribution < 1.29 is 4.39 Å². The van der Waals surface area contributed by atoms with Gasteiger partial charge in [-0.2, -0.15) is 0 Å². The standard InChI is InChI=1S/C13H14FN.C4H10/c1-9(4-5-11(3)14)12-6-7-13(15)10(2)8-12;1-4(2)3/h4-8H,1,3,15H2,2H3;4H,1-3H3/b5-4-;. The topological polar surface area (TPSA) is 26.0 Å². The molecule has 0 heterocycles. The molecular weight excluding hydrogens is 237 g/mol. The summed E-state index contributed by atoms with van der Waals surface area (Å²) < 4.78 is 12.4. The first-order chi connectivity index (χ1) is 8.73. The van der Waals surface area contributed by atoms with E-state index in [1.165, 1.54) is 6.08 Å². The van der Waals surface area contributed by atoms with Crippen molar-refractivity contribution in [1.29, 1.82) is 0 Å². The monoisotopic (exact) mass is 261 g/mol. The zero-order chi connectivity index (χ0) is 15.0. The summed E-state index contributed by atoms with van der Waals surface area (Å²) in [6.45, 7) is 15.4. The molecule has 0 saturated heterocycles. The number of rotatable bonds is 3. The first kappa shape index (κ1) is 17.2. The third kappa shape index (κ3) is 7.98. The van der Waals surface area contributed by atoms with E-state index in [0.29, 0.717) is 0 Å². The van der Waals surface area contributed by atoms with Crippen molar-refractivity contribution in [2.75, 3.05) is 5.73 Å². The zero-order valence-corrected chi connectivity index (χ0v) is 12.3. The Morgan fingerprint density at radius 2 is 1.74 bits per heavy atom. The molecule has 0 radical (unpaired) electrons. The lowest BCUT2D eigenvalue weighted by Crippen LogP contribution is -1.90. The molecule has 0 aliphatic heterocycles. The van der Waals surface area contributed by atoms with E-state index >= 15 is 0 Å². The third-order valence-corrected chi connectivity index (χ3v) is 2.11. The van der Waals surface area contributed by atoms with Crippen molar-refractivity contribution in [2.24, 2.45) is 5.92 Å². The summed E-state index contributed by atoms with van der Waals surface area (Å²) >= 11 is 0. The van der Waals surface area contributed by atoms with E-state index < -0.39 is 5.83 Å². The molecule has 0 fully saturated rings. The van der Waals surface area contributed by atoms with Crippen LogP contribution < -0.4 is 5.73 Å². The van der Waals surface area contributed by atoms with Crippen LogP contribution in [-0.2, 0) is 0 Å². The lowest BCUT2D eigenvalue weighted by Gasteiger charge is -2.04. The van der Waals surface area contributed by atoms with Gasteiger partial charge in [0.05, 0.1) is 0 Å². The van der Waals surface area contributed by atoms with Gasteiger partial charge in [-0.3, -0.25) is 0 Å². The number of nitrogen functional groups attached to an aromatic ring is 1. The Labute approximate surface area is 116 Å². The summed E-state index contributed by atoms with van der Waals surface area (Å²) in [7, 11) is 0. The number of anilines is 1. The van der Waals surface area contributed by atoms with E-state index in [2.05, 4.69) is 33.9 Å².